The Morgan fingerprint density at radius 2 is 2.09 bits per heavy atom. The molecule has 0 atom stereocenters. The molecular formula is C23H20FN3O5S. The highest BCUT2D eigenvalue weighted by atomic mass is 32.1. The van der Waals surface area contributed by atoms with Crippen LogP contribution in [0.4, 0.5) is 4.39 Å². The van der Waals surface area contributed by atoms with Gasteiger partial charge in [0, 0.05) is 28.1 Å². The van der Waals surface area contributed by atoms with Crippen LogP contribution in [0.25, 0.3) is 21.5 Å². The average molecular weight is 469 g/mol. The molecule has 170 valence electrons. The van der Waals surface area contributed by atoms with Gasteiger partial charge in [-0.15, -0.1) is 11.3 Å². The molecule has 0 unspecified atom stereocenters. The largest absolute Gasteiger partial charge is 0.493 e. The minimum Gasteiger partial charge on any atom is -0.493 e. The molecule has 2 aromatic heterocycles. The number of imidazole rings is 1. The van der Waals surface area contributed by atoms with Crippen molar-refractivity contribution in [2.75, 3.05) is 26.9 Å². The van der Waals surface area contributed by atoms with Crippen LogP contribution in [0.5, 0.6) is 11.5 Å². The molecule has 0 aliphatic heterocycles. The number of hydrogen-bond acceptors (Lipinski definition) is 7. The van der Waals surface area contributed by atoms with Crippen LogP contribution in [0.1, 0.15) is 20.8 Å². The Bertz CT molecular complexity index is 1320. The molecule has 2 heterocycles. The summed E-state index contributed by atoms with van der Waals surface area (Å²) < 4.78 is 25.0. The van der Waals surface area contributed by atoms with Crippen molar-refractivity contribution >= 4 is 33.1 Å². The number of thiophene rings is 1. The number of H-pyrrole nitrogens is 1. The molecule has 8 nitrogen and oxygen atoms in total. The average Bonchev–Trinajstić information content (AvgIpc) is 3.49. The molecule has 0 bridgehead atoms. The highest BCUT2D eigenvalue weighted by Crippen LogP contribution is 2.34. The van der Waals surface area contributed by atoms with Gasteiger partial charge in [0.2, 0.25) is 5.78 Å². The van der Waals surface area contributed by atoms with E-state index in [1.807, 2.05) is 0 Å². The van der Waals surface area contributed by atoms with Gasteiger partial charge in [-0.1, -0.05) is 12.1 Å². The van der Waals surface area contributed by atoms with Crippen molar-refractivity contribution in [1.82, 2.24) is 15.3 Å². The summed E-state index contributed by atoms with van der Waals surface area (Å²) in [5.74, 6) is 0.0170. The quantitative estimate of drug-likeness (QED) is 0.324. The van der Waals surface area contributed by atoms with Crippen molar-refractivity contribution in [3.63, 3.8) is 0 Å². The van der Waals surface area contributed by atoms with Crippen molar-refractivity contribution in [1.29, 1.82) is 0 Å². The monoisotopic (exact) mass is 469 g/mol. The number of aromatic amines is 1. The molecule has 0 radical (unpaired) electrons. The summed E-state index contributed by atoms with van der Waals surface area (Å²) in [7, 11) is 1.44. The Labute approximate surface area is 192 Å². The third-order valence-electron chi connectivity index (χ3n) is 4.85. The minimum absolute atomic E-state index is 0.0954. The number of aliphatic hydroxyl groups is 1. The first-order valence-corrected chi connectivity index (χ1v) is 10.8. The lowest BCUT2D eigenvalue weighted by Gasteiger charge is -2.11. The number of aliphatic hydroxyl groups excluding tert-OH is 1. The lowest BCUT2D eigenvalue weighted by Crippen LogP contribution is -2.29. The molecule has 0 saturated heterocycles. The summed E-state index contributed by atoms with van der Waals surface area (Å²) in [5.41, 5.74) is 1.14. The number of nitrogens with zero attached hydrogens (tertiary/aromatic N) is 1. The summed E-state index contributed by atoms with van der Waals surface area (Å²) >= 11 is 1.26. The van der Waals surface area contributed by atoms with Gasteiger partial charge in [0.25, 0.3) is 5.91 Å². The number of Topliss-reactive ketones (excluding diaryl/α,β-unsaturated/α-hetero) is 1. The fraction of sp³-hybridized carbons (Fsp3) is 0.174. The normalized spacial score (nSPS) is 10.9. The van der Waals surface area contributed by atoms with Gasteiger partial charge >= 0.3 is 0 Å². The molecule has 0 saturated carbocycles. The highest BCUT2D eigenvalue weighted by molar-refractivity contribution is 7.17. The zero-order chi connectivity index (χ0) is 23.4. The smallest absolute Gasteiger partial charge is 0.251 e. The van der Waals surface area contributed by atoms with Gasteiger partial charge in [0.1, 0.15) is 23.9 Å². The first-order valence-electron chi connectivity index (χ1n) is 9.96. The van der Waals surface area contributed by atoms with Crippen LogP contribution in [-0.2, 0) is 0 Å². The maximum atomic E-state index is 13.9. The number of fused-ring (bicyclic) bond motifs is 1. The lowest BCUT2D eigenvalue weighted by molar-refractivity contribution is 0.0902. The Kier molecular flexibility index (Phi) is 6.66. The first-order chi connectivity index (χ1) is 16.0. The van der Waals surface area contributed by atoms with Crippen molar-refractivity contribution < 1.29 is 28.6 Å². The maximum absolute atomic E-state index is 13.9. The molecule has 4 rings (SSSR count). The maximum Gasteiger partial charge on any atom is 0.251 e. The van der Waals surface area contributed by atoms with E-state index in [1.54, 1.807) is 23.6 Å². The molecule has 1 amide bonds. The second-order valence-electron chi connectivity index (χ2n) is 6.94. The second kappa shape index (κ2) is 9.80. The zero-order valence-corrected chi connectivity index (χ0v) is 18.4. The SMILES string of the molecule is COc1cc(C(=O)NCC(=O)c2c[nH]c(-c3csc4c(F)cccc34)n2)ccc1OCCO. The molecule has 33 heavy (non-hydrogen) atoms. The predicted molar refractivity (Wildman–Crippen MR) is 122 cm³/mol. The van der Waals surface area contributed by atoms with Gasteiger partial charge < -0.3 is 24.9 Å². The molecule has 2 aromatic carbocycles. The highest BCUT2D eigenvalue weighted by Gasteiger charge is 2.17. The number of amides is 1. The Morgan fingerprint density at radius 1 is 1.24 bits per heavy atom. The summed E-state index contributed by atoms with van der Waals surface area (Å²) in [6.45, 7) is -0.312. The molecule has 0 aliphatic carbocycles. The van der Waals surface area contributed by atoms with Crippen LogP contribution in [-0.4, -0.2) is 53.6 Å². The van der Waals surface area contributed by atoms with Gasteiger partial charge in [0.05, 0.1) is 25.0 Å². The van der Waals surface area contributed by atoms with E-state index in [1.165, 1.54) is 42.8 Å². The topological polar surface area (TPSA) is 114 Å². The summed E-state index contributed by atoms with van der Waals surface area (Å²) in [4.78, 5) is 32.3. The fourth-order valence-corrected chi connectivity index (χ4v) is 4.20. The predicted octanol–water partition coefficient (Wildman–Crippen LogP) is 3.42. The van der Waals surface area contributed by atoms with Crippen LogP contribution < -0.4 is 14.8 Å². The summed E-state index contributed by atoms with van der Waals surface area (Å²) in [6.07, 6.45) is 1.46. The number of hydrogen-bond donors (Lipinski definition) is 3. The van der Waals surface area contributed by atoms with E-state index < -0.39 is 5.91 Å². The molecule has 10 heteroatoms. The van der Waals surface area contributed by atoms with E-state index in [0.29, 0.717) is 33.0 Å². The van der Waals surface area contributed by atoms with E-state index in [2.05, 4.69) is 15.3 Å². The van der Waals surface area contributed by atoms with Crippen LogP contribution in [0, 0.1) is 5.82 Å². The van der Waals surface area contributed by atoms with Crippen LogP contribution in [0.3, 0.4) is 0 Å². The number of ether oxygens (including phenoxy) is 2. The van der Waals surface area contributed by atoms with Gasteiger partial charge in [-0.05, 0) is 24.3 Å². The number of carbonyl (C=O) groups excluding carboxylic acids is 2. The van der Waals surface area contributed by atoms with Crippen LogP contribution >= 0.6 is 11.3 Å². The van der Waals surface area contributed by atoms with Gasteiger partial charge in [-0.3, -0.25) is 9.59 Å². The van der Waals surface area contributed by atoms with E-state index >= 15 is 0 Å². The van der Waals surface area contributed by atoms with E-state index in [9.17, 15) is 14.0 Å². The van der Waals surface area contributed by atoms with Crippen molar-refractivity contribution in [2.45, 2.75) is 0 Å². The van der Waals surface area contributed by atoms with Crippen molar-refractivity contribution in [3.8, 4) is 22.9 Å². The molecular weight excluding hydrogens is 449 g/mol. The summed E-state index contributed by atoms with van der Waals surface area (Å²) in [5, 5.41) is 13.9. The number of benzene rings is 2. The van der Waals surface area contributed by atoms with E-state index in [0.717, 1.165) is 0 Å². The minimum atomic E-state index is -0.467. The third kappa shape index (κ3) is 4.71. The zero-order valence-electron chi connectivity index (χ0n) is 17.6. The van der Waals surface area contributed by atoms with Gasteiger partial charge in [-0.25, -0.2) is 9.37 Å². The van der Waals surface area contributed by atoms with E-state index in [-0.39, 0.29) is 42.6 Å². The Hall–Kier alpha value is -3.76. The summed E-state index contributed by atoms with van der Waals surface area (Å²) in [6, 6.07) is 9.39. The molecule has 0 fully saturated rings. The molecule has 4 aromatic rings. The van der Waals surface area contributed by atoms with Crippen LogP contribution in [0.2, 0.25) is 0 Å². The number of aromatic nitrogens is 2. The molecule has 0 aliphatic rings. The Morgan fingerprint density at radius 3 is 2.88 bits per heavy atom. The number of carbonyl (C=O) groups is 2. The van der Waals surface area contributed by atoms with Crippen molar-refractivity contribution in [3.05, 3.63) is 65.0 Å². The lowest BCUT2D eigenvalue weighted by atomic mass is 10.1. The van der Waals surface area contributed by atoms with Crippen molar-refractivity contribution in [2.24, 2.45) is 0 Å². The number of nitrogens with one attached hydrogen (secondary N) is 2. The number of halogens is 1. The standard InChI is InChI=1S/C23H20FN3O5S/c1-31-20-9-13(5-6-19(20)32-8-7-28)23(30)26-11-18(29)17-10-25-22(27-17)15-12-33-21-14(15)3-2-4-16(21)24/h2-6,9-10,12,28H,7-8,11H2,1H3,(H,25,27)(H,26,30). The molecule has 3 N–H and O–H groups in total. The second-order valence-corrected chi connectivity index (χ2v) is 7.82. The van der Waals surface area contributed by atoms with E-state index in [4.69, 9.17) is 14.6 Å². The number of rotatable bonds is 9. The van der Waals surface area contributed by atoms with Gasteiger partial charge in [-0.2, -0.15) is 0 Å². The number of methoxy groups -OCH3 is 1. The first kappa shape index (κ1) is 22.4. The van der Waals surface area contributed by atoms with Gasteiger partial charge in [0.15, 0.2) is 11.5 Å². The van der Waals surface area contributed by atoms with Crippen LogP contribution in [0.15, 0.2) is 48.0 Å². The fourth-order valence-electron chi connectivity index (χ4n) is 3.24. The number of ketones is 1. The Balaban J connectivity index is 1.43. The molecule has 0 spiro atoms. The third-order valence-corrected chi connectivity index (χ3v) is 5.86.